The SMILES string of the molecule is CCC=C1C=CC(=O)CC1O. The van der Waals surface area contributed by atoms with Crippen molar-refractivity contribution in [3.05, 3.63) is 23.8 Å². The number of hydrogen-bond donors (Lipinski definition) is 1. The molecule has 0 bridgehead atoms. The van der Waals surface area contributed by atoms with Gasteiger partial charge in [0, 0.05) is 6.42 Å². The first kappa shape index (κ1) is 8.21. The fourth-order valence-corrected chi connectivity index (χ4v) is 1.12. The van der Waals surface area contributed by atoms with E-state index in [2.05, 4.69) is 0 Å². The predicted octanol–water partition coefficient (Wildman–Crippen LogP) is 1.21. The Morgan fingerprint density at radius 3 is 3.00 bits per heavy atom. The van der Waals surface area contributed by atoms with Crippen LogP contribution in [0.25, 0.3) is 0 Å². The lowest BCUT2D eigenvalue weighted by atomic mass is 9.97. The number of hydrogen-bond acceptors (Lipinski definition) is 2. The fraction of sp³-hybridized carbons (Fsp3) is 0.444. The Balaban J connectivity index is 2.76. The number of ketones is 1. The molecule has 0 aliphatic heterocycles. The Morgan fingerprint density at radius 1 is 1.73 bits per heavy atom. The van der Waals surface area contributed by atoms with Crippen LogP contribution in [-0.2, 0) is 4.79 Å². The van der Waals surface area contributed by atoms with E-state index < -0.39 is 6.10 Å². The van der Waals surface area contributed by atoms with Crippen LogP contribution in [0, 0.1) is 0 Å². The molecule has 2 nitrogen and oxygen atoms in total. The van der Waals surface area contributed by atoms with Crippen LogP contribution in [-0.4, -0.2) is 17.0 Å². The van der Waals surface area contributed by atoms with Crippen LogP contribution in [0.2, 0.25) is 0 Å². The predicted molar refractivity (Wildman–Crippen MR) is 43.1 cm³/mol. The molecule has 0 aromatic rings. The van der Waals surface area contributed by atoms with Crippen LogP contribution in [0.4, 0.5) is 0 Å². The molecular formula is C9H12O2. The van der Waals surface area contributed by atoms with Gasteiger partial charge in [-0.1, -0.05) is 19.1 Å². The molecule has 1 aliphatic carbocycles. The maximum absolute atomic E-state index is 10.7. The number of carbonyl (C=O) groups excluding carboxylic acids is 1. The minimum Gasteiger partial charge on any atom is -0.388 e. The maximum Gasteiger partial charge on any atom is 0.158 e. The third kappa shape index (κ3) is 2.02. The van der Waals surface area contributed by atoms with Crippen LogP contribution in [0.3, 0.4) is 0 Å². The summed E-state index contributed by atoms with van der Waals surface area (Å²) in [6.45, 7) is 2.00. The Morgan fingerprint density at radius 2 is 2.45 bits per heavy atom. The Hall–Kier alpha value is -0.890. The standard InChI is InChI=1S/C9H12O2/c1-2-3-7-4-5-8(10)6-9(7)11/h3-5,9,11H,2,6H2,1H3. The summed E-state index contributed by atoms with van der Waals surface area (Å²) in [4.78, 5) is 10.7. The van der Waals surface area contributed by atoms with Crippen LogP contribution < -0.4 is 0 Å². The first-order chi connectivity index (χ1) is 5.24. The van der Waals surface area contributed by atoms with Gasteiger partial charge >= 0.3 is 0 Å². The zero-order valence-electron chi connectivity index (χ0n) is 6.58. The summed E-state index contributed by atoms with van der Waals surface area (Å²) < 4.78 is 0. The summed E-state index contributed by atoms with van der Waals surface area (Å²) in [6.07, 6.45) is 5.71. The van der Waals surface area contributed by atoms with Crippen molar-refractivity contribution in [1.29, 1.82) is 0 Å². The average Bonchev–Trinajstić information content (AvgIpc) is 1.95. The van der Waals surface area contributed by atoms with E-state index in [0.717, 1.165) is 12.0 Å². The number of rotatable bonds is 1. The maximum atomic E-state index is 10.7. The molecule has 1 rings (SSSR count). The molecule has 0 aromatic heterocycles. The second kappa shape index (κ2) is 3.49. The molecule has 11 heavy (non-hydrogen) atoms. The van der Waals surface area contributed by atoms with E-state index in [9.17, 15) is 9.90 Å². The lowest BCUT2D eigenvalue weighted by Crippen LogP contribution is -2.17. The third-order valence-electron chi connectivity index (χ3n) is 1.68. The van der Waals surface area contributed by atoms with Crippen molar-refractivity contribution in [2.75, 3.05) is 0 Å². The van der Waals surface area contributed by atoms with Crippen LogP contribution in [0.5, 0.6) is 0 Å². The second-order valence-electron chi connectivity index (χ2n) is 2.63. The van der Waals surface area contributed by atoms with Crippen LogP contribution in [0.1, 0.15) is 19.8 Å². The highest BCUT2D eigenvalue weighted by Crippen LogP contribution is 2.14. The quantitative estimate of drug-likeness (QED) is 0.613. The van der Waals surface area contributed by atoms with E-state index in [0.29, 0.717) is 0 Å². The van der Waals surface area contributed by atoms with Gasteiger partial charge in [-0.25, -0.2) is 0 Å². The highest BCUT2D eigenvalue weighted by molar-refractivity contribution is 5.92. The lowest BCUT2D eigenvalue weighted by Gasteiger charge is -2.13. The number of allylic oxidation sites excluding steroid dienone is 2. The fourth-order valence-electron chi connectivity index (χ4n) is 1.12. The van der Waals surface area contributed by atoms with Gasteiger partial charge in [0.25, 0.3) is 0 Å². The first-order valence-corrected chi connectivity index (χ1v) is 3.83. The largest absolute Gasteiger partial charge is 0.388 e. The van der Waals surface area contributed by atoms with Gasteiger partial charge < -0.3 is 5.11 Å². The molecule has 0 fully saturated rings. The number of aliphatic hydroxyl groups is 1. The molecule has 2 heteroatoms. The van der Waals surface area contributed by atoms with E-state index in [1.165, 1.54) is 6.08 Å². The number of carbonyl (C=O) groups is 1. The molecule has 1 atom stereocenters. The molecular weight excluding hydrogens is 140 g/mol. The zero-order chi connectivity index (χ0) is 8.27. The summed E-state index contributed by atoms with van der Waals surface area (Å²) >= 11 is 0. The molecule has 0 spiro atoms. The Kier molecular flexibility index (Phi) is 2.60. The Bertz CT molecular complexity index is 211. The monoisotopic (exact) mass is 152 g/mol. The van der Waals surface area contributed by atoms with Crippen molar-refractivity contribution < 1.29 is 9.90 Å². The molecule has 1 N–H and O–H groups in total. The van der Waals surface area contributed by atoms with Crippen LogP contribution >= 0.6 is 0 Å². The van der Waals surface area contributed by atoms with Gasteiger partial charge in [0.15, 0.2) is 5.78 Å². The van der Waals surface area contributed by atoms with Crippen molar-refractivity contribution in [2.24, 2.45) is 0 Å². The van der Waals surface area contributed by atoms with E-state index in [1.807, 2.05) is 13.0 Å². The van der Waals surface area contributed by atoms with Crippen molar-refractivity contribution in [3.63, 3.8) is 0 Å². The zero-order valence-corrected chi connectivity index (χ0v) is 6.58. The lowest BCUT2D eigenvalue weighted by molar-refractivity contribution is -0.116. The van der Waals surface area contributed by atoms with Crippen molar-refractivity contribution in [2.45, 2.75) is 25.9 Å². The van der Waals surface area contributed by atoms with Gasteiger partial charge in [0.2, 0.25) is 0 Å². The molecule has 0 radical (unpaired) electrons. The van der Waals surface area contributed by atoms with E-state index in [-0.39, 0.29) is 12.2 Å². The molecule has 0 saturated heterocycles. The summed E-state index contributed by atoms with van der Waals surface area (Å²) in [6, 6.07) is 0. The van der Waals surface area contributed by atoms with Crippen molar-refractivity contribution >= 4 is 5.78 Å². The third-order valence-corrected chi connectivity index (χ3v) is 1.68. The summed E-state index contributed by atoms with van der Waals surface area (Å²) in [7, 11) is 0. The van der Waals surface area contributed by atoms with Gasteiger partial charge in [0.1, 0.15) is 0 Å². The van der Waals surface area contributed by atoms with Crippen molar-refractivity contribution in [1.82, 2.24) is 0 Å². The summed E-state index contributed by atoms with van der Waals surface area (Å²) in [5.41, 5.74) is 0.868. The van der Waals surface area contributed by atoms with Crippen LogP contribution in [0.15, 0.2) is 23.8 Å². The summed E-state index contributed by atoms with van der Waals surface area (Å²) in [5.74, 6) is 0.00533. The molecule has 0 amide bonds. The van der Waals surface area contributed by atoms with Gasteiger partial charge in [0.05, 0.1) is 6.10 Å². The first-order valence-electron chi connectivity index (χ1n) is 3.83. The van der Waals surface area contributed by atoms with Gasteiger partial charge in [-0.3, -0.25) is 4.79 Å². The normalized spacial score (nSPS) is 28.0. The van der Waals surface area contributed by atoms with Crippen molar-refractivity contribution in [3.8, 4) is 0 Å². The van der Waals surface area contributed by atoms with Gasteiger partial charge in [-0.05, 0) is 18.1 Å². The topological polar surface area (TPSA) is 37.3 Å². The van der Waals surface area contributed by atoms with Gasteiger partial charge in [-0.15, -0.1) is 0 Å². The molecule has 0 aromatic carbocycles. The highest BCUT2D eigenvalue weighted by Gasteiger charge is 2.15. The molecule has 1 aliphatic rings. The average molecular weight is 152 g/mol. The van der Waals surface area contributed by atoms with E-state index in [4.69, 9.17) is 0 Å². The minimum atomic E-state index is -0.576. The second-order valence-corrected chi connectivity index (χ2v) is 2.63. The molecule has 60 valence electrons. The van der Waals surface area contributed by atoms with E-state index in [1.54, 1.807) is 6.08 Å². The minimum absolute atomic E-state index is 0.00533. The molecule has 0 saturated carbocycles. The van der Waals surface area contributed by atoms with E-state index >= 15 is 0 Å². The highest BCUT2D eigenvalue weighted by atomic mass is 16.3. The van der Waals surface area contributed by atoms with Gasteiger partial charge in [-0.2, -0.15) is 0 Å². The number of aliphatic hydroxyl groups excluding tert-OH is 1. The summed E-state index contributed by atoms with van der Waals surface area (Å²) in [5, 5.41) is 9.33. The molecule has 0 heterocycles. The Labute approximate surface area is 66.2 Å². The smallest absolute Gasteiger partial charge is 0.158 e. The molecule has 1 unspecified atom stereocenters.